The van der Waals surface area contributed by atoms with Crippen LogP contribution in [0.15, 0.2) is 35.1 Å². The zero-order chi connectivity index (χ0) is 13.7. The van der Waals surface area contributed by atoms with Crippen LogP contribution in [0.5, 0.6) is 0 Å². The van der Waals surface area contributed by atoms with Crippen LogP contribution in [0, 0.1) is 18.8 Å². The predicted molar refractivity (Wildman–Crippen MR) is 69.6 cm³/mol. The number of carbonyl (C=O) groups excluding carboxylic acids is 1. The van der Waals surface area contributed by atoms with E-state index in [0.717, 1.165) is 11.1 Å². The second-order valence-electron chi connectivity index (χ2n) is 3.89. The van der Waals surface area contributed by atoms with E-state index in [-0.39, 0.29) is 18.2 Å². The first-order valence-corrected chi connectivity index (χ1v) is 5.62. The summed E-state index contributed by atoms with van der Waals surface area (Å²) < 4.78 is 4.61. The Morgan fingerprint density at radius 1 is 1.47 bits per heavy atom. The van der Waals surface area contributed by atoms with Gasteiger partial charge in [0, 0.05) is 17.3 Å². The molecule has 0 radical (unpaired) electrons. The second kappa shape index (κ2) is 5.85. The minimum atomic E-state index is -0.347. The Morgan fingerprint density at radius 3 is 3.00 bits per heavy atom. The summed E-state index contributed by atoms with van der Waals surface area (Å²) in [6.45, 7) is 1.70. The van der Waals surface area contributed by atoms with Gasteiger partial charge < -0.3 is 14.9 Å². The SMILES string of the molecule is Cc1cc(C#CCO)cc(NC(=O)c2ccon2)c1. The van der Waals surface area contributed by atoms with Crippen LogP contribution in [0.1, 0.15) is 21.6 Å². The molecule has 0 aliphatic rings. The van der Waals surface area contributed by atoms with E-state index in [1.54, 1.807) is 6.07 Å². The summed E-state index contributed by atoms with van der Waals surface area (Å²) >= 11 is 0. The molecule has 0 spiro atoms. The average molecular weight is 256 g/mol. The Balaban J connectivity index is 2.20. The second-order valence-corrected chi connectivity index (χ2v) is 3.89. The molecular formula is C14H12N2O3. The minimum Gasteiger partial charge on any atom is -0.384 e. The van der Waals surface area contributed by atoms with Gasteiger partial charge in [-0.25, -0.2) is 0 Å². The van der Waals surface area contributed by atoms with Gasteiger partial charge in [0.2, 0.25) is 0 Å². The van der Waals surface area contributed by atoms with Crippen molar-refractivity contribution in [3.8, 4) is 11.8 Å². The highest BCUT2D eigenvalue weighted by Gasteiger charge is 2.09. The summed E-state index contributed by atoms with van der Waals surface area (Å²) in [4.78, 5) is 11.8. The molecule has 0 bridgehead atoms. The number of aliphatic hydroxyl groups is 1. The van der Waals surface area contributed by atoms with E-state index in [9.17, 15) is 4.79 Å². The molecule has 19 heavy (non-hydrogen) atoms. The molecule has 0 saturated carbocycles. The van der Waals surface area contributed by atoms with Crippen LogP contribution < -0.4 is 5.32 Å². The van der Waals surface area contributed by atoms with Gasteiger partial charge in [-0.1, -0.05) is 17.0 Å². The van der Waals surface area contributed by atoms with Crippen LogP contribution in [0.25, 0.3) is 0 Å². The van der Waals surface area contributed by atoms with Crippen molar-refractivity contribution in [1.29, 1.82) is 0 Å². The molecule has 1 heterocycles. The maximum absolute atomic E-state index is 11.8. The van der Waals surface area contributed by atoms with Crippen molar-refractivity contribution in [2.75, 3.05) is 11.9 Å². The Hall–Kier alpha value is -2.58. The number of anilines is 1. The summed E-state index contributed by atoms with van der Waals surface area (Å²) in [7, 11) is 0. The fourth-order valence-corrected chi connectivity index (χ4v) is 1.59. The van der Waals surface area contributed by atoms with Crippen molar-refractivity contribution in [1.82, 2.24) is 5.16 Å². The highest BCUT2D eigenvalue weighted by molar-refractivity contribution is 6.02. The first-order valence-electron chi connectivity index (χ1n) is 5.62. The summed E-state index contributed by atoms with van der Waals surface area (Å²) in [6, 6.07) is 6.90. The number of benzene rings is 1. The van der Waals surface area contributed by atoms with Gasteiger partial charge in [0.15, 0.2) is 5.69 Å². The number of aromatic nitrogens is 1. The van der Waals surface area contributed by atoms with E-state index in [0.29, 0.717) is 5.69 Å². The first kappa shape index (κ1) is 12.9. The monoisotopic (exact) mass is 256 g/mol. The van der Waals surface area contributed by atoms with Gasteiger partial charge in [0.05, 0.1) is 0 Å². The summed E-state index contributed by atoms with van der Waals surface area (Å²) in [5.74, 6) is 5.02. The van der Waals surface area contributed by atoms with Gasteiger partial charge in [0.25, 0.3) is 5.91 Å². The largest absolute Gasteiger partial charge is 0.384 e. The van der Waals surface area contributed by atoms with Crippen LogP contribution in [-0.4, -0.2) is 22.8 Å². The molecule has 0 aliphatic heterocycles. The lowest BCUT2D eigenvalue weighted by Crippen LogP contribution is -2.12. The van der Waals surface area contributed by atoms with Crippen LogP contribution in [0.3, 0.4) is 0 Å². The van der Waals surface area contributed by atoms with Crippen molar-refractivity contribution in [3.05, 3.63) is 47.3 Å². The molecule has 1 aromatic heterocycles. The third-order valence-electron chi connectivity index (χ3n) is 2.32. The van der Waals surface area contributed by atoms with Crippen LogP contribution in [-0.2, 0) is 0 Å². The minimum absolute atomic E-state index is 0.200. The lowest BCUT2D eigenvalue weighted by molar-refractivity contribution is 0.101. The van der Waals surface area contributed by atoms with Crippen molar-refractivity contribution in [2.45, 2.75) is 6.92 Å². The molecule has 2 aromatic rings. The normalized spacial score (nSPS) is 9.58. The van der Waals surface area contributed by atoms with Crippen molar-refractivity contribution >= 4 is 11.6 Å². The van der Waals surface area contributed by atoms with Gasteiger partial charge in [-0.05, 0) is 30.7 Å². The Morgan fingerprint density at radius 2 is 2.32 bits per heavy atom. The molecular weight excluding hydrogens is 244 g/mol. The number of aliphatic hydroxyl groups excluding tert-OH is 1. The highest BCUT2D eigenvalue weighted by atomic mass is 16.5. The maximum atomic E-state index is 11.8. The van der Waals surface area contributed by atoms with Gasteiger partial charge in [-0.3, -0.25) is 4.79 Å². The molecule has 96 valence electrons. The van der Waals surface area contributed by atoms with Gasteiger partial charge in [-0.15, -0.1) is 0 Å². The number of amides is 1. The topological polar surface area (TPSA) is 75.4 Å². The van der Waals surface area contributed by atoms with Crippen molar-refractivity contribution in [3.63, 3.8) is 0 Å². The predicted octanol–water partition coefficient (Wildman–Crippen LogP) is 1.58. The first-order chi connectivity index (χ1) is 9.19. The Kier molecular flexibility index (Phi) is 3.96. The molecule has 5 heteroatoms. The van der Waals surface area contributed by atoms with E-state index in [1.165, 1.54) is 12.3 Å². The van der Waals surface area contributed by atoms with E-state index >= 15 is 0 Å². The van der Waals surface area contributed by atoms with Gasteiger partial charge in [-0.2, -0.15) is 0 Å². The quantitative estimate of drug-likeness (QED) is 0.800. The highest BCUT2D eigenvalue weighted by Crippen LogP contribution is 2.14. The molecule has 1 aromatic carbocycles. The molecule has 1 amide bonds. The smallest absolute Gasteiger partial charge is 0.277 e. The number of hydrogen-bond acceptors (Lipinski definition) is 4. The lowest BCUT2D eigenvalue weighted by atomic mass is 10.1. The number of rotatable bonds is 2. The zero-order valence-electron chi connectivity index (χ0n) is 10.3. The third kappa shape index (κ3) is 3.44. The number of nitrogens with one attached hydrogen (secondary N) is 1. The fourth-order valence-electron chi connectivity index (χ4n) is 1.59. The molecule has 0 unspecified atom stereocenters. The van der Waals surface area contributed by atoms with Crippen LogP contribution in [0.2, 0.25) is 0 Å². The van der Waals surface area contributed by atoms with E-state index in [4.69, 9.17) is 5.11 Å². The molecule has 0 aliphatic carbocycles. The van der Waals surface area contributed by atoms with Crippen LogP contribution >= 0.6 is 0 Å². The van der Waals surface area contributed by atoms with Crippen molar-refractivity contribution < 1.29 is 14.4 Å². The van der Waals surface area contributed by atoms with Gasteiger partial charge >= 0.3 is 0 Å². The van der Waals surface area contributed by atoms with Gasteiger partial charge in [0.1, 0.15) is 12.9 Å². The third-order valence-corrected chi connectivity index (χ3v) is 2.32. The Labute approximate surface area is 110 Å². The number of hydrogen-bond donors (Lipinski definition) is 2. The molecule has 2 N–H and O–H groups in total. The molecule has 0 fully saturated rings. The number of carbonyl (C=O) groups is 1. The average Bonchev–Trinajstić information content (AvgIpc) is 2.89. The fraction of sp³-hybridized carbons (Fsp3) is 0.143. The molecule has 5 nitrogen and oxygen atoms in total. The zero-order valence-corrected chi connectivity index (χ0v) is 10.3. The Bertz CT molecular complexity index is 636. The van der Waals surface area contributed by atoms with Crippen molar-refractivity contribution in [2.24, 2.45) is 0 Å². The van der Waals surface area contributed by atoms with E-state index < -0.39 is 0 Å². The number of nitrogens with zero attached hydrogens (tertiary/aromatic N) is 1. The molecule has 2 rings (SSSR count). The molecule has 0 atom stereocenters. The standard InChI is InChI=1S/C14H12N2O3/c1-10-7-11(3-2-5-17)9-12(8-10)15-14(18)13-4-6-19-16-13/h4,6-9,17H,5H2,1H3,(H,15,18). The van der Waals surface area contributed by atoms with E-state index in [1.807, 2.05) is 19.1 Å². The lowest BCUT2D eigenvalue weighted by Gasteiger charge is -2.05. The molecule has 0 saturated heterocycles. The summed E-state index contributed by atoms with van der Waals surface area (Å²) in [6.07, 6.45) is 1.34. The number of aryl methyl sites for hydroxylation is 1. The summed E-state index contributed by atoms with van der Waals surface area (Å²) in [5.41, 5.74) is 2.52. The summed E-state index contributed by atoms with van der Waals surface area (Å²) in [5, 5.41) is 14.9. The van der Waals surface area contributed by atoms with E-state index in [2.05, 4.69) is 26.8 Å². The maximum Gasteiger partial charge on any atom is 0.277 e. The van der Waals surface area contributed by atoms with Crippen LogP contribution in [0.4, 0.5) is 5.69 Å².